The summed E-state index contributed by atoms with van der Waals surface area (Å²) in [6.45, 7) is 16.9. The van der Waals surface area contributed by atoms with Crippen LogP contribution >= 0.6 is 0 Å². The number of esters is 4. The van der Waals surface area contributed by atoms with Crippen molar-refractivity contribution in [3.63, 3.8) is 0 Å². The molecule has 1 aromatic carbocycles. The summed E-state index contributed by atoms with van der Waals surface area (Å²) in [4.78, 5) is 58.8. The maximum atomic E-state index is 14.4. The second kappa shape index (κ2) is 16.2. The average molecular weight is 808 g/mol. The molecule has 1 aromatic rings. The van der Waals surface area contributed by atoms with Gasteiger partial charge in [0, 0.05) is 20.3 Å². The Morgan fingerprint density at radius 1 is 1.03 bits per heavy atom. The Morgan fingerprint density at radius 2 is 1.72 bits per heavy atom. The third-order valence-corrected chi connectivity index (χ3v) is 13.0. The molecule has 314 valence electrons. The van der Waals surface area contributed by atoms with E-state index < -0.39 is 107 Å². The molecule has 0 spiro atoms. The van der Waals surface area contributed by atoms with Gasteiger partial charge < -0.3 is 14.2 Å². The van der Waals surface area contributed by atoms with E-state index in [2.05, 4.69) is 11.6 Å². The van der Waals surface area contributed by atoms with E-state index in [1.165, 1.54) is 19.9 Å². The predicted octanol–water partition coefficient (Wildman–Crippen LogP) is 3.42. The van der Waals surface area contributed by atoms with Gasteiger partial charge in [0.1, 0.15) is 6.10 Å². The molecule has 15 nitrogen and oxygen atoms in total. The number of aliphatic imine (C=N–C) groups is 1. The molecule has 2 heterocycles. The number of aliphatic hydroxyl groups is 2. The summed E-state index contributed by atoms with van der Waals surface area (Å²) in [5, 5.41) is 25.1. The van der Waals surface area contributed by atoms with Gasteiger partial charge in [-0.25, -0.2) is 4.79 Å². The number of rotatable bonds is 12. The molecule has 2 unspecified atom stereocenters. The first kappa shape index (κ1) is 43.5. The van der Waals surface area contributed by atoms with E-state index in [4.69, 9.17) is 33.2 Å². The number of aliphatic hydroxyl groups excluding tert-OH is 1. The van der Waals surface area contributed by atoms with E-state index in [1.807, 2.05) is 20.8 Å². The zero-order valence-corrected chi connectivity index (χ0v) is 34.2. The number of fused-ring (bicyclic) bond motifs is 4. The van der Waals surface area contributed by atoms with Crippen molar-refractivity contribution in [2.45, 2.75) is 141 Å². The topological polar surface area (TPSA) is 203 Å². The Morgan fingerprint density at radius 3 is 2.29 bits per heavy atom. The minimum absolute atomic E-state index is 0.0242. The molecule has 3 aliphatic carbocycles. The summed E-state index contributed by atoms with van der Waals surface area (Å²) in [5.41, 5.74) is -5.65. The SMILES string of the molecule is C=CC1OC2[C@@H](OC(C)=O)C3=C(C)[C@@H](OC(=O)[C@H](O)[C@H](CC(C)C)/N=C\B=O)C[C@@](O)([C@@H](OC(=O)c4ccccc4)[C@@H]4[C@]5(OC(C)=O)CO[C@@H]5C[C@H](O1)[C@@]24C)C3(C)C. The number of carbonyl (C=O) groups is 4. The first-order chi connectivity index (χ1) is 27.3. The van der Waals surface area contributed by atoms with Crippen LogP contribution in [0.3, 0.4) is 0 Å². The first-order valence-corrected chi connectivity index (χ1v) is 19.7. The van der Waals surface area contributed by atoms with Crippen LogP contribution < -0.4 is 0 Å². The van der Waals surface area contributed by atoms with Gasteiger partial charge in [-0.15, -0.1) is 0 Å². The van der Waals surface area contributed by atoms with Gasteiger partial charge in [0.05, 0.1) is 18.3 Å². The Hall–Kier alpha value is -4.09. The zero-order chi connectivity index (χ0) is 42.5. The molecule has 5 aliphatic rings. The third kappa shape index (κ3) is 7.18. The fraction of sp³-hybridized carbons (Fsp3) is 0.643. The molecule has 2 bridgehead atoms. The fourth-order valence-electron chi connectivity index (χ4n) is 10.4. The molecular formula is C42H54BNO14. The molecule has 2 saturated carbocycles. The molecule has 6 rings (SSSR count). The van der Waals surface area contributed by atoms with Gasteiger partial charge >= 0.3 is 210 Å². The molecule has 0 aromatic heterocycles. The van der Waals surface area contributed by atoms with Crippen LogP contribution in [0, 0.1) is 22.7 Å². The van der Waals surface area contributed by atoms with E-state index in [1.54, 1.807) is 51.1 Å². The van der Waals surface area contributed by atoms with Crippen LogP contribution in [0.2, 0.25) is 0 Å². The summed E-state index contributed by atoms with van der Waals surface area (Å²) in [5.74, 6) is -4.41. The molecule has 4 fully saturated rings. The van der Waals surface area contributed by atoms with Crippen LogP contribution in [0.15, 0.2) is 59.1 Å². The van der Waals surface area contributed by atoms with Crippen molar-refractivity contribution < 1.29 is 67.3 Å². The monoisotopic (exact) mass is 807 g/mol. The van der Waals surface area contributed by atoms with Crippen LogP contribution in [-0.2, 0) is 52.2 Å². The number of hydrogen-bond donors (Lipinski definition) is 2. The van der Waals surface area contributed by atoms with E-state index >= 15 is 0 Å². The summed E-state index contributed by atoms with van der Waals surface area (Å²) in [6.07, 6.45) is -7.21. The Labute approximate surface area is 338 Å². The van der Waals surface area contributed by atoms with Crippen molar-refractivity contribution in [1.82, 2.24) is 0 Å². The summed E-state index contributed by atoms with van der Waals surface area (Å²) >= 11 is 0. The zero-order valence-electron chi connectivity index (χ0n) is 34.2. The number of benzene rings is 1. The second-order valence-electron chi connectivity index (χ2n) is 17.3. The molecular weight excluding hydrogens is 753 g/mol. The molecule has 0 amide bonds. The van der Waals surface area contributed by atoms with Gasteiger partial charge in [0.25, 0.3) is 0 Å². The molecule has 2 N–H and O–H groups in total. The van der Waals surface area contributed by atoms with Crippen molar-refractivity contribution in [1.29, 1.82) is 0 Å². The normalized spacial score (nSPS) is 37.0. The molecule has 0 radical (unpaired) electrons. The summed E-state index contributed by atoms with van der Waals surface area (Å²) in [7, 11) is 0.442. The number of nitrogens with zero attached hydrogens (tertiary/aromatic N) is 1. The maximum absolute atomic E-state index is 14.4. The van der Waals surface area contributed by atoms with Gasteiger partial charge in [-0.3, -0.25) is 9.59 Å². The van der Waals surface area contributed by atoms with Gasteiger partial charge in [-0.2, -0.15) is 0 Å². The number of hydrogen-bond acceptors (Lipinski definition) is 15. The molecule has 2 aliphatic heterocycles. The van der Waals surface area contributed by atoms with Crippen LogP contribution in [0.1, 0.15) is 85.0 Å². The fourth-order valence-corrected chi connectivity index (χ4v) is 10.4. The molecule has 13 atom stereocenters. The van der Waals surface area contributed by atoms with Crippen molar-refractivity contribution in [3.05, 3.63) is 59.7 Å². The van der Waals surface area contributed by atoms with Crippen LogP contribution in [0.4, 0.5) is 0 Å². The van der Waals surface area contributed by atoms with Crippen molar-refractivity contribution in [2.75, 3.05) is 6.61 Å². The van der Waals surface area contributed by atoms with Crippen molar-refractivity contribution in [2.24, 2.45) is 27.7 Å². The van der Waals surface area contributed by atoms with E-state index in [-0.39, 0.29) is 37.4 Å². The summed E-state index contributed by atoms with van der Waals surface area (Å²) < 4.78 is 55.7. The molecule has 16 heteroatoms. The van der Waals surface area contributed by atoms with Crippen molar-refractivity contribution in [3.8, 4) is 0 Å². The van der Waals surface area contributed by atoms with Gasteiger partial charge in [-0.1, -0.05) is 31.7 Å². The molecule has 2 saturated heterocycles. The second-order valence-corrected chi connectivity index (χ2v) is 17.3. The Balaban J connectivity index is 1.62. The predicted molar refractivity (Wildman–Crippen MR) is 205 cm³/mol. The van der Waals surface area contributed by atoms with E-state index in [9.17, 15) is 34.1 Å². The first-order valence-electron chi connectivity index (χ1n) is 19.7. The van der Waals surface area contributed by atoms with Gasteiger partial charge in [-0.05, 0) is 18.2 Å². The van der Waals surface area contributed by atoms with E-state index in [0.29, 0.717) is 18.3 Å². The average Bonchev–Trinajstić information content (AvgIpc) is 3.15. The number of carbonyl (C=O) groups excluding carboxylic acids is 4. The van der Waals surface area contributed by atoms with Crippen LogP contribution in [-0.4, -0.2) is 120 Å². The van der Waals surface area contributed by atoms with Crippen LogP contribution in [0.5, 0.6) is 0 Å². The van der Waals surface area contributed by atoms with Crippen LogP contribution in [0.25, 0.3) is 0 Å². The Bertz CT molecular complexity index is 1870. The Kier molecular flexibility index (Phi) is 12.1. The van der Waals surface area contributed by atoms with Crippen molar-refractivity contribution >= 4 is 37.1 Å². The third-order valence-electron chi connectivity index (χ3n) is 13.0. The number of ether oxygens (including phenoxy) is 7. The van der Waals surface area contributed by atoms with Gasteiger partial charge in [0.2, 0.25) is 0 Å². The quantitative estimate of drug-likeness (QED) is 0.102. The minimum atomic E-state index is -2.20. The standard InChI is InChI=1S/C42H54BNO14/c1-10-30-55-28-17-29-41(19-52-29,58-24(6)46)34-36(57-37(48)25-14-12-11-13-15-25)42(50)18-27(54-38(49)32(47)26(16-21(2)3)44-20-43-51)22(4)31(39(42,7)8)33(53-23(5)45)35(56-30)40(28,34)9/h10-15,20-21,26-30,32-36,47,50H,1,16-19H2,2-9H3/b44-20-/t26-,27-,28-,29+,30?,32+,33-,34-,35?,36-,40+,41-,42+/m0/s1. The summed E-state index contributed by atoms with van der Waals surface area (Å²) in [6, 6.07) is 7.16. The van der Waals surface area contributed by atoms with E-state index in [0.717, 1.165) is 6.11 Å². The van der Waals surface area contributed by atoms with Gasteiger partial charge in [0.15, 0.2) is 6.29 Å². The molecule has 58 heavy (non-hydrogen) atoms.